The Balaban J connectivity index is 2.72. The number of hydrogen-bond donors (Lipinski definition) is 1. The number of aryl methyl sites for hydroxylation is 1. The second kappa shape index (κ2) is 2.51. The third-order valence-electron chi connectivity index (χ3n) is 1.66. The summed E-state index contributed by atoms with van der Waals surface area (Å²) in [6.07, 6.45) is 3.03. The highest BCUT2D eigenvalue weighted by molar-refractivity contribution is 5.86. The maximum atomic E-state index is 10.5. The van der Waals surface area contributed by atoms with E-state index in [9.17, 15) is 4.79 Å². The van der Waals surface area contributed by atoms with Crippen LogP contribution in [-0.4, -0.2) is 30.8 Å². The molecule has 1 N–H and O–H groups in total. The molecule has 0 aliphatic heterocycles. The fourth-order valence-electron chi connectivity index (χ4n) is 1.04. The van der Waals surface area contributed by atoms with Crippen LogP contribution in [-0.2, 0) is 7.05 Å². The van der Waals surface area contributed by atoms with Crippen molar-refractivity contribution in [3.63, 3.8) is 0 Å². The predicted molar refractivity (Wildman–Crippen MR) is 43.3 cm³/mol. The van der Waals surface area contributed by atoms with Crippen LogP contribution in [0.4, 0.5) is 0 Å². The highest BCUT2D eigenvalue weighted by atomic mass is 16.4. The molecular weight excluding hydrogens is 172 g/mol. The van der Waals surface area contributed by atoms with Gasteiger partial charge < -0.3 is 5.11 Å². The zero-order valence-corrected chi connectivity index (χ0v) is 6.80. The summed E-state index contributed by atoms with van der Waals surface area (Å²) in [5.74, 6) is -1.35. The number of fused-ring (bicyclic) bond motifs is 1. The fraction of sp³-hybridized carbons (Fsp3) is 0.143. The topological polar surface area (TPSA) is 80.9 Å². The van der Waals surface area contributed by atoms with Crippen molar-refractivity contribution < 1.29 is 9.90 Å². The molecule has 0 saturated heterocycles. The van der Waals surface area contributed by atoms with E-state index in [1.165, 1.54) is 10.9 Å². The van der Waals surface area contributed by atoms with Crippen molar-refractivity contribution in [2.24, 2.45) is 7.05 Å². The van der Waals surface area contributed by atoms with E-state index in [4.69, 9.17) is 5.11 Å². The summed E-state index contributed by atoms with van der Waals surface area (Å²) in [5.41, 5.74) is 0.521. The van der Waals surface area contributed by atoms with Gasteiger partial charge >= 0.3 is 5.97 Å². The van der Waals surface area contributed by atoms with Gasteiger partial charge in [0.25, 0.3) is 0 Å². The Morgan fingerprint density at radius 1 is 1.54 bits per heavy atom. The summed E-state index contributed by atoms with van der Waals surface area (Å²) in [4.78, 5) is 18.0. The monoisotopic (exact) mass is 178 g/mol. The molecule has 0 atom stereocenters. The van der Waals surface area contributed by atoms with Crippen LogP contribution in [0.5, 0.6) is 0 Å². The average Bonchev–Trinajstić information content (AvgIpc) is 2.47. The molecule has 2 rings (SSSR count). The molecule has 0 unspecified atom stereocenters. The van der Waals surface area contributed by atoms with E-state index in [1.807, 2.05) is 0 Å². The lowest BCUT2D eigenvalue weighted by atomic mass is 10.4. The van der Waals surface area contributed by atoms with E-state index in [2.05, 4.69) is 15.1 Å². The quantitative estimate of drug-likeness (QED) is 0.667. The molecule has 66 valence electrons. The maximum Gasteiger partial charge on any atom is 0.374 e. The van der Waals surface area contributed by atoms with E-state index in [0.29, 0.717) is 5.65 Å². The molecule has 2 aromatic rings. The van der Waals surface area contributed by atoms with Crippen molar-refractivity contribution in [2.75, 3.05) is 0 Å². The second-order valence-electron chi connectivity index (χ2n) is 2.55. The Hall–Kier alpha value is -1.98. The van der Waals surface area contributed by atoms with E-state index in [-0.39, 0.29) is 5.82 Å². The van der Waals surface area contributed by atoms with Crippen molar-refractivity contribution in [1.82, 2.24) is 19.7 Å². The summed E-state index contributed by atoms with van der Waals surface area (Å²) in [6, 6.07) is 0. The predicted octanol–water partition coefficient (Wildman–Crippen LogP) is 0.0615. The molecule has 0 amide bonds. The van der Waals surface area contributed by atoms with Gasteiger partial charge in [-0.15, -0.1) is 0 Å². The summed E-state index contributed by atoms with van der Waals surface area (Å²) in [5, 5.41) is 13.3. The molecule has 6 heteroatoms. The minimum absolute atomic E-state index is 0.212. The Labute approximate surface area is 72.8 Å². The summed E-state index contributed by atoms with van der Waals surface area (Å²) in [6.45, 7) is 0. The lowest BCUT2D eigenvalue weighted by molar-refractivity contribution is 0.0684. The third kappa shape index (κ3) is 1.12. The van der Waals surface area contributed by atoms with Crippen molar-refractivity contribution in [1.29, 1.82) is 0 Å². The summed E-state index contributed by atoms with van der Waals surface area (Å²) >= 11 is 0. The molecule has 0 fully saturated rings. The van der Waals surface area contributed by atoms with Gasteiger partial charge in [0.1, 0.15) is 0 Å². The molecule has 0 radical (unpaired) electrons. The SMILES string of the molecule is Cn1ncc2cnc(C(=O)O)nc21. The second-order valence-corrected chi connectivity index (χ2v) is 2.55. The van der Waals surface area contributed by atoms with Crippen LogP contribution < -0.4 is 0 Å². The molecule has 13 heavy (non-hydrogen) atoms. The van der Waals surface area contributed by atoms with Crippen molar-refractivity contribution in [3.8, 4) is 0 Å². The minimum Gasteiger partial charge on any atom is -0.475 e. The molecule has 2 aromatic heterocycles. The van der Waals surface area contributed by atoms with Gasteiger partial charge in [-0.05, 0) is 0 Å². The number of carbonyl (C=O) groups is 1. The molecule has 0 saturated carbocycles. The number of aromatic nitrogens is 4. The summed E-state index contributed by atoms with van der Waals surface area (Å²) in [7, 11) is 1.70. The van der Waals surface area contributed by atoms with Crippen LogP contribution in [0.2, 0.25) is 0 Å². The van der Waals surface area contributed by atoms with E-state index < -0.39 is 5.97 Å². The van der Waals surface area contributed by atoms with Crippen LogP contribution in [0, 0.1) is 0 Å². The van der Waals surface area contributed by atoms with E-state index in [1.54, 1.807) is 13.2 Å². The van der Waals surface area contributed by atoms with Crippen LogP contribution in [0.1, 0.15) is 10.6 Å². The molecule has 0 aliphatic rings. The van der Waals surface area contributed by atoms with Gasteiger partial charge in [0.15, 0.2) is 5.65 Å². The smallest absolute Gasteiger partial charge is 0.374 e. The van der Waals surface area contributed by atoms with Crippen molar-refractivity contribution in [2.45, 2.75) is 0 Å². The average molecular weight is 178 g/mol. The first-order chi connectivity index (χ1) is 6.18. The highest BCUT2D eigenvalue weighted by Crippen LogP contribution is 2.07. The van der Waals surface area contributed by atoms with Crippen LogP contribution in [0.25, 0.3) is 11.0 Å². The van der Waals surface area contributed by atoms with Gasteiger partial charge in [-0.3, -0.25) is 4.68 Å². The van der Waals surface area contributed by atoms with Gasteiger partial charge in [-0.2, -0.15) is 5.10 Å². The van der Waals surface area contributed by atoms with Crippen LogP contribution in [0.3, 0.4) is 0 Å². The standard InChI is InChI=1S/C7H6N4O2/c1-11-6-4(3-9-11)2-8-5(10-6)7(12)13/h2-3H,1H3,(H,12,13). The first kappa shape index (κ1) is 7.66. The number of hydrogen-bond acceptors (Lipinski definition) is 4. The molecule has 2 heterocycles. The first-order valence-electron chi connectivity index (χ1n) is 3.56. The fourth-order valence-corrected chi connectivity index (χ4v) is 1.04. The lowest BCUT2D eigenvalue weighted by Crippen LogP contribution is -2.04. The van der Waals surface area contributed by atoms with Gasteiger partial charge in [0, 0.05) is 13.2 Å². The number of carboxylic acids is 1. The Bertz CT molecular complexity index is 476. The van der Waals surface area contributed by atoms with Gasteiger partial charge in [0.05, 0.1) is 11.6 Å². The van der Waals surface area contributed by atoms with Gasteiger partial charge in [-0.1, -0.05) is 0 Å². The lowest BCUT2D eigenvalue weighted by Gasteiger charge is -1.94. The molecule has 6 nitrogen and oxygen atoms in total. The number of nitrogens with zero attached hydrogens (tertiary/aromatic N) is 4. The normalized spacial score (nSPS) is 10.5. The number of carboxylic acid groups (broad SMARTS) is 1. The van der Waals surface area contributed by atoms with E-state index >= 15 is 0 Å². The van der Waals surface area contributed by atoms with Gasteiger partial charge in [0.2, 0.25) is 5.82 Å². The largest absolute Gasteiger partial charge is 0.475 e. The third-order valence-corrected chi connectivity index (χ3v) is 1.66. The van der Waals surface area contributed by atoms with Crippen LogP contribution >= 0.6 is 0 Å². The summed E-state index contributed by atoms with van der Waals surface area (Å²) < 4.78 is 1.50. The minimum atomic E-state index is -1.14. The zero-order chi connectivity index (χ0) is 9.42. The van der Waals surface area contributed by atoms with Crippen molar-refractivity contribution in [3.05, 3.63) is 18.2 Å². The maximum absolute atomic E-state index is 10.5. The molecular formula is C7H6N4O2. The Morgan fingerprint density at radius 2 is 2.31 bits per heavy atom. The van der Waals surface area contributed by atoms with Gasteiger partial charge in [-0.25, -0.2) is 14.8 Å². The highest BCUT2D eigenvalue weighted by Gasteiger charge is 2.09. The molecule has 0 bridgehead atoms. The zero-order valence-electron chi connectivity index (χ0n) is 6.80. The molecule has 0 aromatic carbocycles. The van der Waals surface area contributed by atoms with E-state index in [0.717, 1.165) is 5.39 Å². The molecule has 0 aliphatic carbocycles. The number of rotatable bonds is 1. The number of aromatic carboxylic acids is 1. The first-order valence-corrected chi connectivity index (χ1v) is 3.56. The molecule has 0 spiro atoms. The Morgan fingerprint density at radius 3 is 3.00 bits per heavy atom. The van der Waals surface area contributed by atoms with Crippen molar-refractivity contribution >= 4 is 17.0 Å². The van der Waals surface area contributed by atoms with Crippen LogP contribution in [0.15, 0.2) is 12.4 Å². The Kier molecular flexibility index (Phi) is 1.48.